The van der Waals surface area contributed by atoms with Gasteiger partial charge in [-0.15, -0.1) is 0 Å². The molecule has 1 atom stereocenters. The van der Waals surface area contributed by atoms with Crippen LogP contribution in [0.5, 0.6) is 0 Å². The first kappa shape index (κ1) is 19.5. The van der Waals surface area contributed by atoms with Crippen molar-refractivity contribution in [1.29, 1.82) is 0 Å². The first-order valence-electron chi connectivity index (χ1n) is 9.97. The number of benzene rings is 2. The van der Waals surface area contributed by atoms with Crippen LogP contribution in [0, 0.1) is 5.82 Å². The highest BCUT2D eigenvalue weighted by molar-refractivity contribution is 6.12. The van der Waals surface area contributed by atoms with E-state index in [1.54, 1.807) is 12.3 Å². The van der Waals surface area contributed by atoms with Gasteiger partial charge in [0.2, 0.25) is 5.91 Å². The highest BCUT2D eigenvalue weighted by Gasteiger charge is 2.29. The lowest BCUT2D eigenvalue weighted by molar-refractivity contribution is -0.115. The third-order valence-electron chi connectivity index (χ3n) is 5.21. The van der Waals surface area contributed by atoms with E-state index in [1.807, 2.05) is 24.3 Å². The van der Waals surface area contributed by atoms with Gasteiger partial charge in [-0.1, -0.05) is 0 Å². The number of fused-ring (bicyclic) bond motifs is 1. The summed E-state index contributed by atoms with van der Waals surface area (Å²) >= 11 is 0. The second-order valence-corrected chi connectivity index (χ2v) is 7.26. The molecule has 2 heterocycles. The van der Waals surface area contributed by atoms with Gasteiger partial charge in [-0.25, -0.2) is 4.39 Å². The van der Waals surface area contributed by atoms with Crippen molar-refractivity contribution in [3.05, 3.63) is 53.8 Å². The Kier molecular flexibility index (Phi) is 6.17. The van der Waals surface area contributed by atoms with Crippen LogP contribution in [0.3, 0.4) is 0 Å². The van der Waals surface area contributed by atoms with Gasteiger partial charge in [-0.3, -0.25) is 14.7 Å². The lowest BCUT2D eigenvalue weighted by Crippen LogP contribution is -2.37. The minimum absolute atomic E-state index is 0.187. The maximum atomic E-state index is 13.5. The van der Waals surface area contributed by atoms with Crippen molar-refractivity contribution >= 4 is 29.2 Å². The van der Waals surface area contributed by atoms with E-state index in [1.165, 1.54) is 12.1 Å². The fourth-order valence-electron chi connectivity index (χ4n) is 3.59. The molecule has 2 aromatic carbocycles. The summed E-state index contributed by atoms with van der Waals surface area (Å²) < 4.78 is 18.9. The highest BCUT2D eigenvalue weighted by Crippen LogP contribution is 2.32. The number of carbonyl (C=O) groups excluding carboxylic acids is 1. The summed E-state index contributed by atoms with van der Waals surface area (Å²) in [4.78, 5) is 19.0. The maximum Gasteiger partial charge on any atom is 0.237 e. The van der Waals surface area contributed by atoms with Crippen molar-refractivity contribution in [3.63, 3.8) is 0 Å². The molecule has 29 heavy (non-hydrogen) atoms. The van der Waals surface area contributed by atoms with Crippen molar-refractivity contribution < 1.29 is 13.9 Å². The number of carbonyl (C=O) groups is 1. The van der Waals surface area contributed by atoms with Crippen molar-refractivity contribution in [2.45, 2.75) is 12.3 Å². The van der Waals surface area contributed by atoms with E-state index in [9.17, 15) is 9.18 Å². The first-order chi connectivity index (χ1) is 14.2. The molecule has 1 saturated heterocycles. The van der Waals surface area contributed by atoms with E-state index in [2.05, 4.69) is 20.5 Å². The molecular formula is C22H25FN4O2. The summed E-state index contributed by atoms with van der Waals surface area (Å²) in [6.45, 7) is 5.68. The molecule has 0 aromatic heterocycles. The van der Waals surface area contributed by atoms with Crippen molar-refractivity contribution in [1.82, 2.24) is 4.90 Å². The lowest BCUT2D eigenvalue weighted by atomic mass is 10.0. The van der Waals surface area contributed by atoms with E-state index >= 15 is 0 Å². The molecule has 0 bridgehead atoms. The van der Waals surface area contributed by atoms with Crippen LogP contribution >= 0.6 is 0 Å². The monoisotopic (exact) mass is 396 g/mol. The Hall–Kier alpha value is -2.77. The minimum atomic E-state index is -0.571. The van der Waals surface area contributed by atoms with E-state index in [4.69, 9.17) is 4.74 Å². The lowest BCUT2D eigenvalue weighted by Gasteiger charge is -2.26. The van der Waals surface area contributed by atoms with Crippen LogP contribution in [-0.4, -0.2) is 56.4 Å². The molecule has 4 rings (SSSR count). The maximum absolute atomic E-state index is 13.5. The number of anilines is 2. The fourth-order valence-corrected chi connectivity index (χ4v) is 3.59. The number of morpholine rings is 1. The van der Waals surface area contributed by atoms with Crippen LogP contribution < -0.4 is 10.6 Å². The molecule has 0 radical (unpaired) electrons. The number of nitrogens with one attached hydrogen (secondary N) is 2. The molecule has 1 unspecified atom stereocenters. The molecule has 0 spiro atoms. The summed E-state index contributed by atoms with van der Waals surface area (Å²) in [5.41, 5.74) is 3.06. The smallest absolute Gasteiger partial charge is 0.237 e. The van der Waals surface area contributed by atoms with Gasteiger partial charge in [0.1, 0.15) is 11.7 Å². The molecule has 2 aromatic rings. The molecule has 7 heteroatoms. The molecule has 152 valence electrons. The summed E-state index contributed by atoms with van der Waals surface area (Å²) in [7, 11) is 0. The predicted octanol–water partition coefficient (Wildman–Crippen LogP) is 3.40. The van der Waals surface area contributed by atoms with Crippen LogP contribution in [0.2, 0.25) is 0 Å². The zero-order valence-electron chi connectivity index (χ0n) is 16.2. The van der Waals surface area contributed by atoms with Crippen LogP contribution in [0.4, 0.5) is 21.5 Å². The van der Waals surface area contributed by atoms with Gasteiger partial charge in [0.05, 0.1) is 18.9 Å². The fraction of sp³-hybridized carbons (Fsp3) is 0.364. The molecule has 2 aliphatic rings. The highest BCUT2D eigenvalue weighted by atomic mass is 19.1. The first-order valence-corrected chi connectivity index (χ1v) is 9.97. The summed E-state index contributed by atoms with van der Waals surface area (Å²) in [6.07, 6.45) is 2.65. The van der Waals surface area contributed by atoms with E-state index in [0.717, 1.165) is 57.2 Å². The van der Waals surface area contributed by atoms with Gasteiger partial charge < -0.3 is 15.4 Å². The average Bonchev–Trinajstić information content (AvgIpc) is 3.05. The van der Waals surface area contributed by atoms with Crippen LogP contribution in [0.25, 0.3) is 0 Å². The topological polar surface area (TPSA) is 66.0 Å². The average molecular weight is 396 g/mol. The van der Waals surface area contributed by atoms with Crippen molar-refractivity contribution in [2.75, 3.05) is 50.0 Å². The quantitative estimate of drug-likeness (QED) is 0.556. The standard InChI is InChI=1S/C22H25FN4O2/c23-16-2-7-21-19(14-16)20(22(28)26-21)15-25-18-5-3-17(4-6-18)24-8-1-9-27-10-12-29-13-11-27/h2-7,14-15,20,24H,1,8-13H2,(H,26,28). The molecule has 0 aliphatic carbocycles. The Morgan fingerprint density at radius 1 is 1.21 bits per heavy atom. The van der Waals surface area contributed by atoms with Gasteiger partial charge in [0, 0.05) is 37.2 Å². The molecule has 2 N–H and O–H groups in total. The predicted molar refractivity (Wildman–Crippen MR) is 113 cm³/mol. The SMILES string of the molecule is O=C1Nc2ccc(F)cc2C1C=Nc1ccc(NCCCN2CCOCC2)cc1. The molecule has 0 saturated carbocycles. The van der Waals surface area contributed by atoms with Crippen molar-refractivity contribution in [2.24, 2.45) is 4.99 Å². The van der Waals surface area contributed by atoms with E-state index in [-0.39, 0.29) is 11.7 Å². The van der Waals surface area contributed by atoms with Gasteiger partial charge in [-0.05, 0) is 61.0 Å². The minimum Gasteiger partial charge on any atom is -0.385 e. The number of hydrogen-bond donors (Lipinski definition) is 2. The third-order valence-corrected chi connectivity index (χ3v) is 5.21. The largest absolute Gasteiger partial charge is 0.385 e. The second kappa shape index (κ2) is 9.15. The Balaban J connectivity index is 1.28. The molecule has 2 aliphatic heterocycles. The number of aliphatic imine (C=N–C) groups is 1. The number of nitrogens with zero attached hydrogens (tertiary/aromatic N) is 2. The van der Waals surface area contributed by atoms with Crippen LogP contribution in [-0.2, 0) is 9.53 Å². The van der Waals surface area contributed by atoms with Gasteiger partial charge in [0.15, 0.2) is 0 Å². The van der Waals surface area contributed by atoms with Crippen LogP contribution in [0.1, 0.15) is 17.9 Å². The zero-order valence-corrected chi connectivity index (χ0v) is 16.2. The number of halogens is 1. The van der Waals surface area contributed by atoms with E-state index in [0.29, 0.717) is 11.3 Å². The summed E-state index contributed by atoms with van der Waals surface area (Å²) in [5.74, 6) is -1.12. The number of hydrogen-bond acceptors (Lipinski definition) is 5. The molecule has 1 fully saturated rings. The number of rotatable bonds is 7. The Labute approximate surface area is 169 Å². The van der Waals surface area contributed by atoms with E-state index < -0.39 is 5.92 Å². The van der Waals surface area contributed by atoms with Gasteiger partial charge in [-0.2, -0.15) is 0 Å². The van der Waals surface area contributed by atoms with Gasteiger partial charge in [0.25, 0.3) is 0 Å². The Bertz CT molecular complexity index is 879. The van der Waals surface area contributed by atoms with Crippen molar-refractivity contribution in [3.8, 4) is 0 Å². The molecule has 6 nitrogen and oxygen atoms in total. The van der Waals surface area contributed by atoms with Gasteiger partial charge >= 0.3 is 0 Å². The van der Waals surface area contributed by atoms with Crippen LogP contribution in [0.15, 0.2) is 47.5 Å². The molecular weight excluding hydrogens is 371 g/mol. The molecule has 1 amide bonds. The summed E-state index contributed by atoms with van der Waals surface area (Å²) in [6, 6.07) is 12.1. The number of ether oxygens (including phenoxy) is 1. The Morgan fingerprint density at radius 3 is 2.79 bits per heavy atom. The second-order valence-electron chi connectivity index (χ2n) is 7.26. The Morgan fingerprint density at radius 2 is 2.00 bits per heavy atom. The zero-order chi connectivity index (χ0) is 20.1. The third kappa shape index (κ3) is 4.99. The normalized spacial score (nSPS) is 19.3. The summed E-state index contributed by atoms with van der Waals surface area (Å²) in [5, 5.41) is 6.17. The number of amides is 1.